The molecule has 0 aromatic rings. The van der Waals surface area contributed by atoms with E-state index in [-0.39, 0.29) is 11.7 Å². The minimum absolute atomic E-state index is 0.119. The summed E-state index contributed by atoms with van der Waals surface area (Å²) in [4.78, 5) is 0. The lowest BCUT2D eigenvalue weighted by Crippen LogP contribution is -2.51. The molecule has 0 amide bonds. The molecule has 0 spiro atoms. The fourth-order valence-corrected chi connectivity index (χ4v) is 9.22. The molecule has 2 heteroatoms. The molecule has 0 aromatic carbocycles. The van der Waals surface area contributed by atoms with Crippen LogP contribution in [-0.4, -0.2) is 21.9 Å². The Morgan fingerprint density at radius 2 is 1.60 bits per heavy atom. The van der Waals surface area contributed by atoms with Crippen molar-refractivity contribution in [2.75, 3.05) is 0 Å². The average Bonchev–Trinajstić information content (AvgIpc) is 3.08. The van der Waals surface area contributed by atoms with E-state index < -0.39 is 0 Å². The molecule has 0 aliphatic heterocycles. The summed E-state index contributed by atoms with van der Waals surface area (Å²) >= 11 is 0. The van der Waals surface area contributed by atoms with Gasteiger partial charge in [0.2, 0.25) is 0 Å². The van der Waals surface area contributed by atoms with Crippen LogP contribution in [0.25, 0.3) is 0 Å². The van der Waals surface area contributed by atoms with Crippen molar-refractivity contribution < 1.29 is 10.2 Å². The van der Waals surface area contributed by atoms with Crippen molar-refractivity contribution in [1.29, 1.82) is 0 Å². The molecule has 10 atom stereocenters. The van der Waals surface area contributed by atoms with E-state index in [2.05, 4.69) is 34.6 Å². The van der Waals surface area contributed by atoms with E-state index in [0.717, 1.165) is 61.7 Å². The van der Waals surface area contributed by atoms with Gasteiger partial charge in [0, 0.05) is 0 Å². The third-order valence-electron chi connectivity index (χ3n) is 11.1. The van der Waals surface area contributed by atoms with E-state index in [1.807, 2.05) is 0 Å². The Labute approximate surface area is 186 Å². The van der Waals surface area contributed by atoms with E-state index in [0.29, 0.717) is 23.2 Å². The minimum Gasteiger partial charge on any atom is -0.393 e. The second-order valence-electron chi connectivity index (χ2n) is 12.9. The molecule has 0 saturated heterocycles. The fourth-order valence-electron chi connectivity index (χ4n) is 9.22. The summed E-state index contributed by atoms with van der Waals surface area (Å²) in [6.45, 7) is 11.7. The van der Waals surface area contributed by atoms with Gasteiger partial charge in [-0.1, -0.05) is 34.6 Å². The Hall–Kier alpha value is -0.0800. The maximum Gasteiger partial charge on any atom is 0.0648 e. The highest BCUT2D eigenvalue weighted by molar-refractivity contribution is 5.08. The Morgan fingerprint density at radius 1 is 0.867 bits per heavy atom. The minimum atomic E-state index is -0.364. The molecule has 4 aliphatic carbocycles. The number of aliphatic hydroxyl groups excluding tert-OH is 1. The number of hydrogen-bond donors (Lipinski definition) is 2. The maximum absolute atomic E-state index is 11.0. The summed E-state index contributed by atoms with van der Waals surface area (Å²) < 4.78 is 0. The highest BCUT2D eigenvalue weighted by Crippen LogP contribution is 2.66. The van der Waals surface area contributed by atoms with Gasteiger partial charge in [-0.25, -0.2) is 0 Å². The molecule has 4 aliphatic rings. The molecule has 0 aromatic heterocycles. The third kappa shape index (κ3) is 4.02. The lowest BCUT2D eigenvalue weighted by molar-refractivity contribution is -0.112. The Morgan fingerprint density at radius 3 is 2.30 bits per heavy atom. The highest BCUT2D eigenvalue weighted by atomic mass is 16.3. The average molecular weight is 419 g/mol. The van der Waals surface area contributed by atoms with Crippen molar-refractivity contribution in [2.24, 2.45) is 52.8 Å². The molecule has 0 unspecified atom stereocenters. The highest BCUT2D eigenvalue weighted by Gasteiger charge is 2.58. The molecular formula is C28H50O2. The molecule has 0 heterocycles. The zero-order chi connectivity index (χ0) is 21.7. The summed E-state index contributed by atoms with van der Waals surface area (Å²) in [5.74, 6) is 6.22. The zero-order valence-corrected chi connectivity index (χ0v) is 20.6. The molecular weight excluding hydrogens is 368 g/mol. The molecule has 2 N–H and O–H groups in total. The molecule has 4 saturated carbocycles. The summed E-state index contributed by atoms with van der Waals surface area (Å²) in [5.41, 5.74) is 0.0856. The lowest BCUT2D eigenvalue weighted by Gasteiger charge is -2.57. The molecule has 30 heavy (non-hydrogen) atoms. The quantitative estimate of drug-likeness (QED) is 0.496. The predicted molar refractivity (Wildman–Crippen MR) is 125 cm³/mol. The van der Waals surface area contributed by atoms with Crippen LogP contribution in [0, 0.1) is 52.8 Å². The number of rotatable bonds is 6. The first-order chi connectivity index (χ1) is 14.2. The van der Waals surface area contributed by atoms with Gasteiger partial charge in [-0.2, -0.15) is 0 Å². The van der Waals surface area contributed by atoms with Crippen molar-refractivity contribution >= 4 is 0 Å². The van der Waals surface area contributed by atoms with E-state index in [1.54, 1.807) is 0 Å². The van der Waals surface area contributed by atoms with Crippen LogP contribution < -0.4 is 0 Å². The number of hydrogen-bond acceptors (Lipinski definition) is 2. The first-order valence-corrected chi connectivity index (χ1v) is 13.6. The van der Waals surface area contributed by atoms with Crippen molar-refractivity contribution in [1.82, 2.24) is 0 Å². The van der Waals surface area contributed by atoms with Gasteiger partial charge in [0.1, 0.15) is 0 Å². The smallest absolute Gasteiger partial charge is 0.0648 e. The second-order valence-corrected chi connectivity index (χ2v) is 12.9. The van der Waals surface area contributed by atoms with Crippen molar-refractivity contribution in [2.45, 2.75) is 123 Å². The molecule has 2 nitrogen and oxygen atoms in total. The number of aliphatic hydroxyl groups is 2. The standard InChI is InChI=1S/C28H50O2/c1-6-28(30)16-14-21-20(17-28)8-9-23-22(21)13-15-27(5)24(10-11-25(23)27)19(4)26(29)12-7-18(2)3/h18-26,29-30H,6-17H2,1-5H3/t19-,20-,21-,22+,23+,24+,25-,26-,27+,28-/m0/s1. The summed E-state index contributed by atoms with van der Waals surface area (Å²) in [5, 5.41) is 21.9. The zero-order valence-electron chi connectivity index (χ0n) is 20.6. The first-order valence-electron chi connectivity index (χ1n) is 13.6. The van der Waals surface area contributed by atoms with E-state index in [4.69, 9.17) is 0 Å². The third-order valence-corrected chi connectivity index (χ3v) is 11.1. The normalized spacial score (nSPS) is 48.0. The topological polar surface area (TPSA) is 40.5 Å². The Balaban J connectivity index is 1.44. The van der Waals surface area contributed by atoms with Gasteiger partial charge in [0.05, 0.1) is 11.7 Å². The first kappa shape index (κ1) is 23.1. The monoisotopic (exact) mass is 418 g/mol. The van der Waals surface area contributed by atoms with Gasteiger partial charge in [0.15, 0.2) is 0 Å². The van der Waals surface area contributed by atoms with E-state index in [9.17, 15) is 10.2 Å². The summed E-state index contributed by atoms with van der Waals surface area (Å²) in [6, 6.07) is 0. The van der Waals surface area contributed by atoms with Crippen LogP contribution in [0.4, 0.5) is 0 Å². The van der Waals surface area contributed by atoms with Crippen LogP contribution >= 0.6 is 0 Å². The SMILES string of the molecule is CC[C@]1(O)CC[C@H]2[C@@H](CC[C@@H]3[C@@H]2CC[C@]2(C)[C@@H]([C@H](C)[C@@H](O)CCC(C)C)CC[C@@H]32)C1. The fraction of sp³-hybridized carbons (Fsp3) is 1.00. The van der Waals surface area contributed by atoms with Crippen LogP contribution in [0.15, 0.2) is 0 Å². The second kappa shape index (κ2) is 8.69. The van der Waals surface area contributed by atoms with Crippen LogP contribution in [0.5, 0.6) is 0 Å². The van der Waals surface area contributed by atoms with Crippen LogP contribution in [-0.2, 0) is 0 Å². The van der Waals surface area contributed by atoms with Gasteiger partial charge in [-0.3, -0.25) is 0 Å². The van der Waals surface area contributed by atoms with Crippen molar-refractivity contribution in [3.05, 3.63) is 0 Å². The maximum atomic E-state index is 11.0. The molecule has 0 bridgehead atoms. The van der Waals surface area contributed by atoms with Crippen LogP contribution in [0.1, 0.15) is 112 Å². The predicted octanol–water partition coefficient (Wildman–Crippen LogP) is 6.83. The van der Waals surface area contributed by atoms with E-state index in [1.165, 1.54) is 44.9 Å². The van der Waals surface area contributed by atoms with E-state index >= 15 is 0 Å². The van der Waals surface area contributed by atoms with Gasteiger partial charge in [0.25, 0.3) is 0 Å². The van der Waals surface area contributed by atoms with Gasteiger partial charge < -0.3 is 10.2 Å². The Kier molecular flexibility index (Phi) is 6.69. The van der Waals surface area contributed by atoms with Gasteiger partial charge in [-0.05, 0) is 130 Å². The summed E-state index contributed by atoms with van der Waals surface area (Å²) in [6.07, 6.45) is 14.6. The Bertz CT molecular complexity index is 587. The largest absolute Gasteiger partial charge is 0.393 e. The molecule has 174 valence electrons. The molecule has 0 radical (unpaired) electrons. The molecule has 4 fully saturated rings. The van der Waals surface area contributed by atoms with Gasteiger partial charge >= 0.3 is 0 Å². The lowest BCUT2D eigenvalue weighted by atomic mass is 9.48. The van der Waals surface area contributed by atoms with Crippen LogP contribution in [0.3, 0.4) is 0 Å². The number of fused-ring (bicyclic) bond motifs is 5. The van der Waals surface area contributed by atoms with Crippen molar-refractivity contribution in [3.8, 4) is 0 Å². The van der Waals surface area contributed by atoms with Crippen molar-refractivity contribution in [3.63, 3.8) is 0 Å². The van der Waals surface area contributed by atoms with Gasteiger partial charge in [-0.15, -0.1) is 0 Å². The van der Waals surface area contributed by atoms with Crippen LogP contribution in [0.2, 0.25) is 0 Å². The molecule has 4 rings (SSSR count). The summed E-state index contributed by atoms with van der Waals surface area (Å²) in [7, 11) is 0.